The van der Waals surface area contributed by atoms with Crippen molar-refractivity contribution in [3.8, 4) is 0 Å². The molecule has 7 nitrogen and oxygen atoms in total. The Balaban J connectivity index is 1.87. The molecule has 24 heavy (non-hydrogen) atoms. The lowest BCUT2D eigenvalue weighted by atomic mass is 10.1. The Morgan fingerprint density at radius 3 is 3.00 bits per heavy atom. The maximum absolute atomic E-state index is 12.3. The molecule has 3 rings (SSSR count). The molecule has 0 saturated carbocycles. The highest BCUT2D eigenvalue weighted by atomic mass is 16.5. The minimum absolute atomic E-state index is 0.0229. The zero-order valence-corrected chi connectivity index (χ0v) is 13.9. The van der Waals surface area contributed by atoms with Gasteiger partial charge in [0.15, 0.2) is 5.82 Å². The summed E-state index contributed by atoms with van der Waals surface area (Å²) < 4.78 is 4.99. The summed E-state index contributed by atoms with van der Waals surface area (Å²) in [4.78, 5) is 27.4. The van der Waals surface area contributed by atoms with Crippen LogP contribution in [0.4, 0.5) is 11.6 Å². The van der Waals surface area contributed by atoms with Gasteiger partial charge in [0, 0.05) is 31.7 Å². The third-order valence-corrected chi connectivity index (χ3v) is 4.02. The summed E-state index contributed by atoms with van der Waals surface area (Å²) in [6, 6.07) is 5.66. The number of ether oxygens (including phenoxy) is 1. The highest BCUT2D eigenvalue weighted by molar-refractivity contribution is 5.78. The molecule has 2 aromatic heterocycles. The molecule has 1 amide bonds. The van der Waals surface area contributed by atoms with E-state index in [2.05, 4.69) is 20.3 Å². The summed E-state index contributed by atoms with van der Waals surface area (Å²) in [5, 5.41) is 3.23. The Labute approximate surface area is 141 Å². The van der Waals surface area contributed by atoms with Crippen molar-refractivity contribution in [3.05, 3.63) is 42.0 Å². The number of carbonyl (C=O) groups excluding carboxylic acids is 1. The second kappa shape index (κ2) is 7.35. The lowest BCUT2D eigenvalue weighted by Gasteiger charge is -2.25. The molecule has 0 bridgehead atoms. The molecule has 2 aromatic rings. The highest BCUT2D eigenvalue weighted by Crippen LogP contribution is 2.34. The number of aromatic nitrogens is 3. The predicted molar refractivity (Wildman–Crippen MR) is 89.9 cm³/mol. The van der Waals surface area contributed by atoms with Crippen molar-refractivity contribution in [2.75, 3.05) is 25.6 Å². The monoisotopic (exact) mass is 327 g/mol. The van der Waals surface area contributed by atoms with E-state index in [-0.39, 0.29) is 18.6 Å². The smallest absolute Gasteiger partial charge is 0.249 e. The summed E-state index contributed by atoms with van der Waals surface area (Å²) in [7, 11) is 1.53. The lowest BCUT2D eigenvalue weighted by Crippen LogP contribution is -2.34. The number of carbonyl (C=O) groups is 1. The Bertz CT molecular complexity index is 722. The fourth-order valence-electron chi connectivity index (χ4n) is 2.98. The van der Waals surface area contributed by atoms with Crippen LogP contribution in [0.1, 0.15) is 30.3 Å². The van der Waals surface area contributed by atoms with Gasteiger partial charge >= 0.3 is 0 Å². The quantitative estimate of drug-likeness (QED) is 0.907. The van der Waals surface area contributed by atoms with E-state index in [4.69, 9.17) is 4.74 Å². The van der Waals surface area contributed by atoms with Gasteiger partial charge in [0.1, 0.15) is 18.1 Å². The number of methoxy groups -OCH3 is 1. The molecule has 7 heteroatoms. The van der Waals surface area contributed by atoms with Crippen molar-refractivity contribution in [2.45, 2.75) is 25.8 Å². The number of nitrogens with one attached hydrogen (secondary N) is 1. The lowest BCUT2D eigenvalue weighted by molar-refractivity contribution is -0.136. The van der Waals surface area contributed by atoms with Crippen molar-refractivity contribution in [1.29, 1.82) is 0 Å². The number of rotatable bonds is 5. The minimum Gasteiger partial charge on any atom is -0.375 e. The average molecular weight is 327 g/mol. The molecular formula is C17H21N5O2. The first kappa shape index (κ1) is 16.3. The Hall–Kier alpha value is -2.54. The number of likely N-dealkylation sites (tertiary alicyclic amines) is 1. The standard InChI is InChI=1S/C17H21N5O2/c1-12-5-3-7-14(20-12)21-17-16(18-8-9-19-17)13-6-4-10-22(13)15(23)11-24-2/h3,5,7-9,13H,4,6,10-11H2,1-2H3,(H,19,20,21)/t13-/m1/s1. The van der Waals surface area contributed by atoms with Crippen LogP contribution in [0.3, 0.4) is 0 Å². The number of aryl methyl sites for hydroxylation is 1. The molecule has 1 saturated heterocycles. The molecule has 0 aromatic carbocycles. The van der Waals surface area contributed by atoms with Crippen LogP contribution in [0.15, 0.2) is 30.6 Å². The molecule has 1 aliphatic rings. The summed E-state index contributed by atoms with van der Waals surface area (Å²) in [5.41, 5.74) is 1.69. The van der Waals surface area contributed by atoms with Crippen molar-refractivity contribution in [3.63, 3.8) is 0 Å². The van der Waals surface area contributed by atoms with Crippen LogP contribution in [0.2, 0.25) is 0 Å². The van der Waals surface area contributed by atoms with Gasteiger partial charge < -0.3 is 15.0 Å². The number of amides is 1. The van der Waals surface area contributed by atoms with Crippen LogP contribution in [-0.4, -0.2) is 46.0 Å². The molecule has 0 aliphatic carbocycles. The summed E-state index contributed by atoms with van der Waals surface area (Å²) in [5.74, 6) is 1.33. The van der Waals surface area contributed by atoms with Gasteiger partial charge in [-0.3, -0.25) is 9.78 Å². The van der Waals surface area contributed by atoms with Gasteiger partial charge in [-0.2, -0.15) is 0 Å². The third kappa shape index (κ3) is 3.51. The maximum atomic E-state index is 12.3. The zero-order valence-electron chi connectivity index (χ0n) is 13.9. The molecule has 1 fully saturated rings. The van der Waals surface area contributed by atoms with Gasteiger partial charge in [0.05, 0.1) is 6.04 Å². The van der Waals surface area contributed by atoms with Crippen molar-refractivity contribution in [1.82, 2.24) is 19.9 Å². The number of nitrogens with zero attached hydrogens (tertiary/aromatic N) is 4. The van der Waals surface area contributed by atoms with E-state index >= 15 is 0 Å². The second-order valence-corrected chi connectivity index (χ2v) is 5.76. The normalized spacial score (nSPS) is 17.1. The van der Waals surface area contributed by atoms with Crippen molar-refractivity contribution >= 4 is 17.5 Å². The number of pyridine rings is 1. The van der Waals surface area contributed by atoms with Crippen LogP contribution >= 0.6 is 0 Å². The van der Waals surface area contributed by atoms with Gasteiger partial charge in [-0.05, 0) is 31.9 Å². The fraction of sp³-hybridized carbons (Fsp3) is 0.412. The molecule has 3 heterocycles. The molecule has 1 atom stereocenters. The molecule has 0 spiro atoms. The first-order valence-corrected chi connectivity index (χ1v) is 7.99. The Kier molecular flexibility index (Phi) is 5.00. The SMILES string of the molecule is COCC(=O)N1CCC[C@@H]1c1nccnc1Nc1cccc(C)n1. The van der Waals surface area contributed by atoms with Crippen LogP contribution in [0.5, 0.6) is 0 Å². The van der Waals surface area contributed by atoms with E-state index in [1.165, 1.54) is 7.11 Å². The summed E-state index contributed by atoms with van der Waals surface area (Å²) in [6.07, 6.45) is 5.10. The van der Waals surface area contributed by atoms with Crippen LogP contribution in [0, 0.1) is 6.92 Å². The third-order valence-electron chi connectivity index (χ3n) is 4.02. The fourth-order valence-corrected chi connectivity index (χ4v) is 2.98. The zero-order chi connectivity index (χ0) is 16.9. The van der Waals surface area contributed by atoms with Crippen LogP contribution < -0.4 is 5.32 Å². The van der Waals surface area contributed by atoms with Crippen molar-refractivity contribution < 1.29 is 9.53 Å². The molecule has 1 aliphatic heterocycles. The Morgan fingerprint density at radius 1 is 1.38 bits per heavy atom. The van der Waals surface area contributed by atoms with E-state index < -0.39 is 0 Å². The van der Waals surface area contributed by atoms with E-state index in [0.717, 1.165) is 24.2 Å². The molecular weight excluding hydrogens is 306 g/mol. The topological polar surface area (TPSA) is 80.2 Å². The first-order valence-electron chi connectivity index (χ1n) is 7.99. The molecule has 1 N–H and O–H groups in total. The largest absolute Gasteiger partial charge is 0.375 e. The highest BCUT2D eigenvalue weighted by Gasteiger charge is 2.32. The van der Waals surface area contributed by atoms with E-state index in [1.54, 1.807) is 12.4 Å². The van der Waals surface area contributed by atoms with E-state index in [9.17, 15) is 4.79 Å². The first-order chi connectivity index (χ1) is 11.7. The second-order valence-electron chi connectivity index (χ2n) is 5.76. The Morgan fingerprint density at radius 2 is 2.21 bits per heavy atom. The number of anilines is 2. The summed E-state index contributed by atoms with van der Waals surface area (Å²) >= 11 is 0. The van der Waals surface area contributed by atoms with Gasteiger partial charge in [-0.1, -0.05) is 6.07 Å². The minimum atomic E-state index is -0.0892. The van der Waals surface area contributed by atoms with E-state index in [1.807, 2.05) is 30.0 Å². The van der Waals surface area contributed by atoms with Gasteiger partial charge in [-0.25, -0.2) is 9.97 Å². The maximum Gasteiger partial charge on any atom is 0.249 e. The number of hydrogen-bond donors (Lipinski definition) is 1. The van der Waals surface area contributed by atoms with Crippen LogP contribution in [0.25, 0.3) is 0 Å². The number of hydrogen-bond acceptors (Lipinski definition) is 6. The predicted octanol–water partition coefficient (Wildman–Crippen LogP) is 2.23. The van der Waals surface area contributed by atoms with Crippen molar-refractivity contribution in [2.24, 2.45) is 0 Å². The summed E-state index contributed by atoms with van der Waals surface area (Å²) in [6.45, 7) is 2.73. The van der Waals surface area contributed by atoms with E-state index in [0.29, 0.717) is 18.2 Å². The molecule has 0 radical (unpaired) electrons. The van der Waals surface area contributed by atoms with Gasteiger partial charge in [0.25, 0.3) is 0 Å². The molecule has 126 valence electrons. The molecule has 0 unspecified atom stereocenters. The average Bonchev–Trinajstić information content (AvgIpc) is 3.05. The van der Waals surface area contributed by atoms with Gasteiger partial charge in [-0.15, -0.1) is 0 Å². The van der Waals surface area contributed by atoms with Gasteiger partial charge in [0.2, 0.25) is 5.91 Å². The van der Waals surface area contributed by atoms with Crippen LogP contribution in [-0.2, 0) is 9.53 Å².